The Labute approximate surface area is 98.7 Å². The topological polar surface area (TPSA) is 15.3 Å². The summed E-state index contributed by atoms with van der Waals surface area (Å²) in [6.07, 6.45) is 0. The van der Waals surface area contributed by atoms with Crippen LogP contribution in [0.15, 0.2) is 30.3 Å². The van der Waals surface area contributed by atoms with E-state index in [1.807, 2.05) is 0 Å². The molecule has 1 aliphatic rings. The fourth-order valence-electron chi connectivity index (χ4n) is 2.30. The molecule has 88 valence electrons. The Hall–Kier alpha value is -0.860. The molecular formula is C14H22N2. The van der Waals surface area contributed by atoms with Crippen molar-refractivity contribution in [3.8, 4) is 0 Å². The van der Waals surface area contributed by atoms with Crippen molar-refractivity contribution >= 4 is 0 Å². The van der Waals surface area contributed by atoms with E-state index in [0.29, 0.717) is 6.04 Å². The van der Waals surface area contributed by atoms with Crippen molar-refractivity contribution in [2.24, 2.45) is 0 Å². The first kappa shape index (κ1) is 11.6. The summed E-state index contributed by atoms with van der Waals surface area (Å²) in [5, 5.41) is 3.58. The predicted octanol–water partition coefficient (Wildman–Crippen LogP) is 2.26. The van der Waals surface area contributed by atoms with Gasteiger partial charge in [0.2, 0.25) is 0 Å². The van der Waals surface area contributed by atoms with Crippen LogP contribution in [0.2, 0.25) is 0 Å². The van der Waals surface area contributed by atoms with Crippen LogP contribution >= 0.6 is 0 Å². The maximum absolute atomic E-state index is 3.58. The SMILES string of the molecule is C[C@H]1CNC(C)(C)CN1Cc1ccccc1. The van der Waals surface area contributed by atoms with E-state index in [0.717, 1.165) is 19.6 Å². The average Bonchev–Trinajstić information content (AvgIpc) is 2.25. The van der Waals surface area contributed by atoms with Gasteiger partial charge in [0.15, 0.2) is 0 Å². The lowest BCUT2D eigenvalue weighted by molar-refractivity contribution is 0.0978. The molecular weight excluding hydrogens is 196 g/mol. The fourth-order valence-corrected chi connectivity index (χ4v) is 2.30. The second kappa shape index (κ2) is 4.56. The van der Waals surface area contributed by atoms with Gasteiger partial charge in [0, 0.05) is 31.2 Å². The highest BCUT2D eigenvalue weighted by atomic mass is 15.2. The van der Waals surface area contributed by atoms with Crippen molar-refractivity contribution in [2.45, 2.75) is 38.9 Å². The first-order valence-electron chi connectivity index (χ1n) is 6.10. The van der Waals surface area contributed by atoms with Crippen LogP contribution in [0.25, 0.3) is 0 Å². The minimum atomic E-state index is 0.237. The van der Waals surface area contributed by atoms with Crippen molar-refractivity contribution in [3.63, 3.8) is 0 Å². The van der Waals surface area contributed by atoms with Gasteiger partial charge < -0.3 is 5.32 Å². The quantitative estimate of drug-likeness (QED) is 0.819. The largest absolute Gasteiger partial charge is 0.309 e. The summed E-state index contributed by atoms with van der Waals surface area (Å²) in [4.78, 5) is 2.56. The molecule has 0 unspecified atom stereocenters. The predicted molar refractivity (Wildman–Crippen MR) is 68.4 cm³/mol. The molecule has 0 saturated carbocycles. The molecule has 1 atom stereocenters. The van der Waals surface area contributed by atoms with Gasteiger partial charge in [0.05, 0.1) is 0 Å². The van der Waals surface area contributed by atoms with E-state index in [1.165, 1.54) is 5.56 Å². The van der Waals surface area contributed by atoms with Gasteiger partial charge in [-0.05, 0) is 26.3 Å². The summed E-state index contributed by atoms with van der Waals surface area (Å²) in [6.45, 7) is 10.1. The van der Waals surface area contributed by atoms with E-state index >= 15 is 0 Å². The molecule has 1 saturated heterocycles. The Morgan fingerprint density at radius 3 is 2.69 bits per heavy atom. The van der Waals surface area contributed by atoms with Gasteiger partial charge in [-0.15, -0.1) is 0 Å². The lowest BCUT2D eigenvalue weighted by atomic mass is 9.98. The maximum atomic E-state index is 3.58. The smallest absolute Gasteiger partial charge is 0.0253 e. The van der Waals surface area contributed by atoms with Gasteiger partial charge in [-0.1, -0.05) is 30.3 Å². The maximum Gasteiger partial charge on any atom is 0.0253 e. The Bertz CT molecular complexity index is 332. The molecule has 2 heteroatoms. The van der Waals surface area contributed by atoms with Crippen LogP contribution in [0.5, 0.6) is 0 Å². The summed E-state index contributed by atoms with van der Waals surface area (Å²) in [5.74, 6) is 0. The summed E-state index contributed by atoms with van der Waals surface area (Å²) in [5.41, 5.74) is 1.65. The van der Waals surface area contributed by atoms with E-state index in [1.54, 1.807) is 0 Å². The third-order valence-corrected chi connectivity index (χ3v) is 3.33. The zero-order valence-corrected chi connectivity index (χ0v) is 10.5. The van der Waals surface area contributed by atoms with Crippen molar-refractivity contribution in [1.29, 1.82) is 0 Å². The minimum Gasteiger partial charge on any atom is -0.309 e. The number of nitrogens with zero attached hydrogens (tertiary/aromatic N) is 1. The van der Waals surface area contributed by atoms with Crippen LogP contribution in [-0.4, -0.2) is 29.6 Å². The third-order valence-electron chi connectivity index (χ3n) is 3.33. The summed E-state index contributed by atoms with van der Waals surface area (Å²) >= 11 is 0. The van der Waals surface area contributed by atoms with Crippen LogP contribution in [-0.2, 0) is 6.54 Å². The van der Waals surface area contributed by atoms with Crippen molar-refractivity contribution in [2.75, 3.05) is 13.1 Å². The fraction of sp³-hybridized carbons (Fsp3) is 0.571. The second-order valence-corrected chi connectivity index (χ2v) is 5.50. The zero-order valence-electron chi connectivity index (χ0n) is 10.5. The number of hydrogen-bond acceptors (Lipinski definition) is 2. The molecule has 1 N–H and O–H groups in total. The molecule has 1 aromatic rings. The summed E-state index contributed by atoms with van der Waals surface area (Å²) in [6, 6.07) is 11.4. The van der Waals surface area contributed by atoms with Crippen molar-refractivity contribution < 1.29 is 0 Å². The van der Waals surface area contributed by atoms with Crippen LogP contribution in [0.4, 0.5) is 0 Å². The highest BCUT2D eigenvalue weighted by molar-refractivity contribution is 5.15. The van der Waals surface area contributed by atoms with E-state index in [-0.39, 0.29) is 5.54 Å². The minimum absolute atomic E-state index is 0.237. The van der Waals surface area contributed by atoms with E-state index in [9.17, 15) is 0 Å². The monoisotopic (exact) mass is 218 g/mol. The first-order chi connectivity index (χ1) is 7.57. The van der Waals surface area contributed by atoms with Gasteiger partial charge in [0.25, 0.3) is 0 Å². The van der Waals surface area contributed by atoms with E-state index in [2.05, 4.69) is 61.3 Å². The molecule has 1 aromatic carbocycles. The number of piperazine rings is 1. The summed E-state index contributed by atoms with van der Waals surface area (Å²) in [7, 11) is 0. The Balaban J connectivity index is 2.03. The molecule has 1 fully saturated rings. The van der Waals surface area contributed by atoms with Gasteiger partial charge in [-0.25, -0.2) is 0 Å². The Morgan fingerprint density at radius 2 is 2.00 bits per heavy atom. The summed E-state index contributed by atoms with van der Waals surface area (Å²) < 4.78 is 0. The third kappa shape index (κ3) is 2.83. The molecule has 2 rings (SSSR count). The number of nitrogens with one attached hydrogen (secondary N) is 1. The molecule has 0 amide bonds. The normalized spacial score (nSPS) is 25.6. The van der Waals surface area contributed by atoms with Crippen LogP contribution < -0.4 is 5.32 Å². The van der Waals surface area contributed by atoms with Gasteiger partial charge in [-0.2, -0.15) is 0 Å². The highest BCUT2D eigenvalue weighted by Crippen LogP contribution is 2.17. The number of hydrogen-bond donors (Lipinski definition) is 1. The molecule has 0 spiro atoms. The van der Waals surface area contributed by atoms with Gasteiger partial charge in [0.1, 0.15) is 0 Å². The molecule has 1 aliphatic heterocycles. The van der Waals surface area contributed by atoms with E-state index < -0.39 is 0 Å². The molecule has 2 nitrogen and oxygen atoms in total. The molecule has 0 aliphatic carbocycles. The van der Waals surface area contributed by atoms with Crippen LogP contribution in [0, 0.1) is 0 Å². The molecule has 1 heterocycles. The van der Waals surface area contributed by atoms with E-state index in [4.69, 9.17) is 0 Å². The van der Waals surface area contributed by atoms with Gasteiger partial charge >= 0.3 is 0 Å². The second-order valence-electron chi connectivity index (χ2n) is 5.50. The average molecular weight is 218 g/mol. The lowest BCUT2D eigenvalue weighted by Gasteiger charge is -2.43. The number of benzene rings is 1. The number of rotatable bonds is 2. The van der Waals surface area contributed by atoms with Crippen LogP contribution in [0.1, 0.15) is 26.3 Å². The van der Waals surface area contributed by atoms with Gasteiger partial charge in [-0.3, -0.25) is 4.90 Å². The zero-order chi connectivity index (χ0) is 11.6. The van der Waals surface area contributed by atoms with Crippen molar-refractivity contribution in [3.05, 3.63) is 35.9 Å². The molecule has 16 heavy (non-hydrogen) atoms. The Morgan fingerprint density at radius 1 is 1.31 bits per heavy atom. The van der Waals surface area contributed by atoms with Crippen LogP contribution in [0.3, 0.4) is 0 Å². The highest BCUT2D eigenvalue weighted by Gasteiger charge is 2.29. The van der Waals surface area contributed by atoms with Crippen molar-refractivity contribution in [1.82, 2.24) is 10.2 Å². The Kier molecular flexibility index (Phi) is 3.31. The molecule has 0 bridgehead atoms. The standard InChI is InChI=1S/C14H22N2/c1-12-9-15-14(2,3)11-16(12)10-13-7-5-4-6-8-13/h4-8,12,15H,9-11H2,1-3H3/t12-/m0/s1. The first-order valence-corrected chi connectivity index (χ1v) is 6.10. The molecule has 0 radical (unpaired) electrons. The molecule has 0 aromatic heterocycles. The lowest BCUT2D eigenvalue weighted by Crippen LogP contribution is -2.60.